The lowest BCUT2D eigenvalue weighted by atomic mass is 10.1. The largest absolute Gasteiger partial charge is 0.459 e. The maximum absolute atomic E-state index is 12.1. The van der Waals surface area contributed by atoms with Crippen LogP contribution >= 0.6 is 0 Å². The number of guanidine groups is 1. The van der Waals surface area contributed by atoms with Crippen molar-refractivity contribution < 1.29 is 8.63 Å². The third-order valence-corrected chi connectivity index (χ3v) is 5.79. The molecule has 0 fully saturated rings. The second-order valence-electron chi connectivity index (χ2n) is 6.66. The minimum atomic E-state index is -0.874. The fraction of sp³-hybridized carbons (Fsp3) is 0.500. The van der Waals surface area contributed by atoms with Gasteiger partial charge in [0, 0.05) is 45.8 Å². The number of hydrogen-bond acceptors (Lipinski definition) is 3. The van der Waals surface area contributed by atoms with Gasteiger partial charge < -0.3 is 15.1 Å². The molecule has 1 unspecified atom stereocenters. The minimum absolute atomic E-state index is 0.190. The topological polar surface area (TPSA) is 66.6 Å². The van der Waals surface area contributed by atoms with E-state index < -0.39 is 10.8 Å². The zero-order valence-electron chi connectivity index (χ0n) is 15.1. The first-order valence-electron chi connectivity index (χ1n) is 8.13. The van der Waals surface area contributed by atoms with Gasteiger partial charge in [-0.2, -0.15) is 0 Å². The van der Waals surface area contributed by atoms with E-state index in [1.54, 1.807) is 7.05 Å². The van der Waals surface area contributed by atoms with Crippen LogP contribution in [0, 0.1) is 6.92 Å². The summed E-state index contributed by atoms with van der Waals surface area (Å²) in [5.74, 6) is 2.17. The van der Waals surface area contributed by atoms with E-state index >= 15 is 0 Å². The van der Waals surface area contributed by atoms with Gasteiger partial charge in [-0.25, -0.2) is 0 Å². The van der Waals surface area contributed by atoms with Crippen LogP contribution in [0.5, 0.6) is 0 Å². The van der Waals surface area contributed by atoms with Gasteiger partial charge in [0.15, 0.2) is 5.96 Å². The quantitative estimate of drug-likeness (QED) is 0.643. The van der Waals surface area contributed by atoms with Crippen molar-refractivity contribution in [2.75, 3.05) is 19.3 Å². The lowest BCUT2D eigenvalue weighted by molar-refractivity contribution is 0.535. The molecule has 5 nitrogen and oxygen atoms in total. The molecule has 0 spiro atoms. The summed E-state index contributed by atoms with van der Waals surface area (Å²) in [6.45, 7) is 9.19. The number of nitrogens with zero attached hydrogens (tertiary/aromatic N) is 1. The molecule has 0 saturated heterocycles. The van der Waals surface area contributed by atoms with Crippen LogP contribution in [-0.2, 0) is 17.3 Å². The van der Waals surface area contributed by atoms with Crippen molar-refractivity contribution in [3.05, 3.63) is 35.6 Å². The van der Waals surface area contributed by atoms with Gasteiger partial charge in [-0.1, -0.05) is 18.2 Å². The Bertz CT molecular complexity index is 744. The van der Waals surface area contributed by atoms with Gasteiger partial charge >= 0.3 is 0 Å². The molecule has 0 aliphatic carbocycles. The van der Waals surface area contributed by atoms with Gasteiger partial charge in [-0.15, -0.1) is 0 Å². The predicted molar refractivity (Wildman–Crippen MR) is 102 cm³/mol. The number of benzene rings is 1. The highest BCUT2D eigenvalue weighted by molar-refractivity contribution is 7.86. The molecule has 0 amide bonds. The highest BCUT2D eigenvalue weighted by atomic mass is 32.2. The van der Waals surface area contributed by atoms with Gasteiger partial charge in [0.2, 0.25) is 0 Å². The lowest BCUT2D eigenvalue weighted by Crippen LogP contribution is -2.40. The van der Waals surface area contributed by atoms with Crippen LogP contribution in [0.25, 0.3) is 11.0 Å². The lowest BCUT2D eigenvalue weighted by Gasteiger charge is -2.18. The van der Waals surface area contributed by atoms with Crippen LogP contribution in [0.4, 0.5) is 0 Å². The third kappa shape index (κ3) is 4.60. The number of aliphatic imine (C=N–C) groups is 1. The number of aryl methyl sites for hydroxylation is 1. The molecule has 0 aliphatic heterocycles. The Morgan fingerprint density at radius 2 is 1.96 bits per heavy atom. The van der Waals surface area contributed by atoms with Crippen molar-refractivity contribution in [1.29, 1.82) is 0 Å². The summed E-state index contributed by atoms with van der Waals surface area (Å²) >= 11 is 0. The minimum Gasteiger partial charge on any atom is -0.459 e. The van der Waals surface area contributed by atoms with Crippen molar-refractivity contribution in [3.63, 3.8) is 0 Å². The van der Waals surface area contributed by atoms with Crippen LogP contribution in [0.3, 0.4) is 0 Å². The van der Waals surface area contributed by atoms with Gasteiger partial charge in [-0.05, 0) is 33.8 Å². The van der Waals surface area contributed by atoms with Crippen LogP contribution in [0.2, 0.25) is 0 Å². The van der Waals surface area contributed by atoms with E-state index in [2.05, 4.69) is 28.6 Å². The molecule has 0 saturated carbocycles. The van der Waals surface area contributed by atoms with Gasteiger partial charge in [0.25, 0.3) is 0 Å². The first kappa shape index (κ1) is 18.5. The monoisotopic (exact) mass is 349 g/mol. The Hall–Kier alpha value is -1.82. The number of fused-ring (bicyclic) bond motifs is 1. The number of furan rings is 1. The normalized spacial score (nSPS) is 14.0. The number of hydrogen-bond donors (Lipinski definition) is 2. The second kappa shape index (κ2) is 7.83. The molecule has 24 heavy (non-hydrogen) atoms. The SMILES string of the molecule is CN=C(NCCS(=O)C(C)(C)C)NCc1oc2ccccc2c1C. The fourth-order valence-corrected chi connectivity index (χ4v) is 3.25. The van der Waals surface area contributed by atoms with Crippen LogP contribution in [0.15, 0.2) is 33.7 Å². The molecular formula is C18H27N3O2S. The number of nitrogens with one attached hydrogen (secondary N) is 2. The average Bonchev–Trinajstić information content (AvgIpc) is 2.86. The van der Waals surface area contributed by atoms with Crippen molar-refractivity contribution in [3.8, 4) is 0 Å². The fourth-order valence-electron chi connectivity index (χ4n) is 2.35. The summed E-state index contributed by atoms with van der Waals surface area (Å²) < 4.78 is 17.8. The Balaban J connectivity index is 1.89. The summed E-state index contributed by atoms with van der Waals surface area (Å²) in [7, 11) is 0.850. The van der Waals surface area contributed by atoms with Gasteiger partial charge in [-0.3, -0.25) is 9.20 Å². The molecule has 6 heteroatoms. The molecule has 0 aliphatic rings. The predicted octanol–water partition coefficient (Wildman–Crippen LogP) is 2.95. The Labute approximate surface area is 146 Å². The zero-order chi connectivity index (χ0) is 17.7. The Kier molecular flexibility index (Phi) is 6.04. The van der Waals surface area contributed by atoms with Crippen molar-refractivity contribution in [2.24, 2.45) is 4.99 Å². The second-order valence-corrected chi connectivity index (χ2v) is 8.98. The van der Waals surface area contributed by atoms with E-state index in [1.807, 2.05) is 39.0 Å². The van der Waals surface area contributed by atoms with E-state index in [4.69, 9.17) is 4.42 Å². The molecular weight excluding hydrogens is 322 g/mol. The highest BCUT2D eigenvalue weighted by Crippen LogP contribution is 2.24. The van der Waals surface area contributed by atoms with Crippen molar-refractivity contribution >= 4 is 27.7 Å². The molecule has 1 atom stereocenters. The molecule has 1 heterocycles. The summed E-state index contributed by atoms with van der Waals surface area (Å²) in [6.07, 6.45) is 0. The first-order chi connectivity index (χ1) is 11.3. The molecule has 0 radical (unpaired) electrons. The smallest absolute Gasteiger partial charge is 0.191 e. The molecule has 2 rings (SSSR count). The first-order valence-corrected chi connectivity index (χ1v) is 9.45. The standard InChI is InChI=1S/C18H27N3O2S/c1-13-14-8-6-7-9-15(14)23-16(13)12-21-17(19-5)20-10-11-24(22)18(2,3)4/h6-9H,10-12H2,1-5H3,(H2,19,20,21). The summed E-state index contributed by atoms with van der Waals surface area (Å²) in [4.78, 5) is 4.20. The van der Waals surface area contributed by atoms with Crippen LogP contribution < -0.4 is 10.6 Å². The maximum atomic E-state index is 12.1. The van der Waals surface area contributed by atoms with Crippen molar-refractivity contribution in [1.82, 2.24) is 10.6 Å². The zero-order valence-corrected chi connectivity index (χ0v) is 15.9. The average molecular weight is 350 g/mol. The summed E-state index contributed by atoms with van der Waals surface area (Å²) in [5, 5.41) is 7.58. The summed E-state index contributed by atoms with van der Waals surface area (Å²) in [6, 6.07) is 8.02. The Morgan fingerprint density at radius 1 is 1.25 bits per heavy atom. The maximum Gasteiger partial charge on any atom is 0.191 e. The number of para-hydroxylation sites is 1. The van der Waals surface area contributed by atoms with E-state index in [0.717, 1.165) is 22.3 Å². The van der Waals surface area contributed by atoms with Crippen LogP contribution in [-0.4, -0.2) is 34.3 Å². The van der Waals surface area contributed by atoms with Crippen molar-refractivity contribution in [2.45, 2.75) is 39.0 Å². The molecule has 2 aromatic rings. The molecule has 1 aromatic heterocycles. The van der Waals surface area contributed by atoms with Gasteiger partial charge in [0.05, 0.1) is 6.54 Å². The molecule has 0 bridgehead atoms. The van der Waals surface area contributed by atoms with E-state index in [9.17, 15) is 4.21 Å². The van der Waals surface area contributed by atoms with E-state index in [1.165, 1.54) is 0 Å². The van der Waals surface area contributed by atoms with E-state index in [0.29, 0.717) is 24.8 Å². The summed E-state index contributed by atoms with van der Waals surface area (Å²) in [5.41, 5.74) is 2.04. The molecule has 132 valence electrons. The highest BCUT2D eigenvalue weighted by Gasteiger charge is 2.18. The third-order valence-electron chi connectivity index (χ3n) is 3.85. The Morgan fingerprint density at radius 3 is 2.58 bits per heavy atom. The van der Waals surface area contributed by atoms with Crippen LogP contribution in [0.1, 0.15) is 32.1 Å². The van der Waals surface area contributed by atoms with Gasteiger partial charge in [0.1, 0.15) is 11.3 Å². The molecule has 2 N–H and O–H groups in total. The molecule has 1 aromatic carbocycles. The number of rotatable bonds is 5. The van der Waals surface area contributed by atoms with E-state index in [-0.39, 0.29) is 4.75 Å².